The van der Waals surface area contributed by atoms with Crippen LogP contribution in [0.5, 0.6) is 5.75 Å². The first kappa shape index (κ1) is 22.6. The van der Waals surface area contributed by atoms with Crippen LogP contribution in [0.2, 0.25) is 0 Å². The van der Waals surface area contributed by atoms with Crippen molar-refractivity contribution in [3.63, 3.8) is 0 Å². The molecule has 3 rings (SSSR count). The predicted octanol–water partition coefficient (Wildman–Crippen LogP) is 6.26. The van der Waals surface area contributed by atoms with Crippen molar-refractivity contribution < 1.29 is 36.2 Å². The molecule has 1 aromatic heterocycles. The highest BCUT2D eigenvalue weighted by Gasteiger charge is 2.42. The van der Waals surface area contributed by atoms with Gasteiger partial charge in [-0.2, -0.15) is 26.3 Å². The molecule has 0 aliphatic carbocycles. The monoisotopic (exact) mass is 441 g/mol. The Kier molecular flexibility index (Phi) is 6.00. The Balaban J connectivity index is 2.47. The van der Waals surface area contributed by atoms with Crippen LogP contribution in [0.25, 0.3) is 22.4 Å². The molecule has 0 saturated carbocycles. The number of aliphatic hydroxyl groups excluding tert-OH is 1. The fourth-order valence-electron chi connectivity index (χ4n) is 3.32. The van der Waals surface area contributed by atoms with Gasteiger partial charge in [0, 0.05) is 17.3 Å². The van der Waals surface area contributed by atoms with Crippen molar-refractivity contribution in [2.24, 2.45) is 0 Å². The molecule has 0 bridgehead atoms. The molecule has 164 valence electrons. The van der Waals surface area contributed by atoms with Gasteiger partial charge in [-0.3, -0.25) is 4.98 Å². The summed E-state index contributed by atoms with van der Waals surface area (Å²) in [6, 6.07) is 8.15. The van der Waals surface area contributed by atoms with E-state index in [4.69, 9.17) is 4.74 Å². The Labute approximate surface area is 173 Å². The van der Waals surface area contributed by atoms with Gasteiger partial charge in [-0.1, -0.05) is 0 Å². The molecule has 3 nitrogen and oxygen atoms in total. The molecule has 1 heterocycles. The number of methoxy groups -OCH3 is 1. The van der Waals surface area contributed by atoms with Gasteiger partial charge < -0.3 is 9.84 Å². The summed E-state index contributed by atoms with van der Waals surface area (Å²) in [6.45, 7) is 0.806. The second-order valence-electron chi connectivity index (χ2n) is 6.85. The summed E-state index contributed by atoms with van der Waals surface area (Å²) in [4.78, 5) is 4.09. The van der Waals surface area contributed by atoms with E-state index in [2.05, 4.69) is 4.98 Å². The molecule has 2 aromatic carbocycles. The zero-order chi connectivity index (χ0) is 23.0. The van der Waals surface area contributed by atoms with Gasteiger partial charge in [0.2, 0.25) is 0 Å². The van der Waals surface area contributed by atoms with E-state index in [9.17, 15) is 31.4 Å². The maximum atomic E-state index is 13.9. The number of nitrogens with zero attached hydrogens (tertiary/aromatic N) is 1. The van der Waals surface area contributed by atoms with Crippen molar-refractivity contribution in [1.82, 2.24) is 4.98 Å². The number of halogens is 6. The van der Waals surface area contributed by atoms with Crippen molar-refractivity contribution in [3.8, 4) is 28.1 Å². The third-order valence-corrected chi connectivity index (χ3v) is 4.67. The zero-order valence-corrected chi connectivity index (χ0v) is 16.4. The molecule has 31 heavy (non-hydrogen) atoms. The Morgan fingerprint density at radius 1 is 0.871 bits per heavy atom. The first-order valence-corrected chi connectivity index (χ1v) is 8.99. The van der Waals surface area contributed by atoms with Crippen molar-refractivity contribution in [2.45, 2.75) is 25.9 Å². The van der Waals surface area contributed by atoms with Crippen LogP contribution in [0, 0.1) is 6.92 Å². The zero-order valence-electron chi connectivity index (χ0n) is 16.4. The summed E-state index contributed by atoms with van der Waals surface area (Å²) in [5.41, 5.74) is -3.77. The lowest BCUT2D eigenvalue weighted by atomic mass is 9.87. The van der Waals surface area contributed by atoms with E-state index in [1.54, 1.807) is 0 Å². The third kappa shape index (κ3) is 4.66. The van der Waals surface area contributed by atoms with Crippen LogP contribution in [0.3, 0.4) is 0 Å². The summed E-state index contributed by atoms with van der Waals surface area (Å²) < 4.78 is 88.3. The van der Waals surface area contributed by atoms with Gasteiger partial charge >= 0.3 is 12.4 Å². The van der Waals surface area contributed by atoms with Crippen LogP contribution >= 0.6 is 0 Å². The molecule has 9 heteroatoms. The number of benzene rings is 2. The molecule has 0 saturated heterocycles. The minimum absolute atomic E-state index is 0.0379. The van der Waals surface area contributed by atoms with Gasteiger partial charge in [0.15, 0.2) is 0 Å². The lowest BCUT2D eigenvalue weighted by Crippen LogP contribution is -2.15. The van der Waals surface area contributed by atoms with Gasteiger partial charge in [0.25, 0.3) is 0 Å². The van der Waals surface area contributed by atoms with Gasteiger partial charge in [-0.05, 0) is 66.1 Å². The van der Waals surface area contributed by atoms with E-state index in [-0.39, 0.29) is 34.7 Å². The molecule has 0 atom stereocenters. The number of aromatic nitrogens is 1. The van der Waals surface area contributed by atoms with E-state index < -0.39 is 29.0 Å². The molecule has 0 fully saturated rings. The van der Waals surface area contributed by atoms with E-state index in [0.29, 0.717) is 17.7 Å². The van der Waals surface area contributed by atoms with Crippen LogP contribution in [-0.4, -0.2) is 17.2 Å². The van der Waals surface area contributed by atoms with Crippen molar-refractivity contribution in [2.75, 3.05) is 7.11 Å². The molecule has 0 aliphatic heterocycles. The summed E-state index contributed by atoms with van der Waals surface area (Å²) in [6.07, 6.45) is -8.76. The highest BCUT2D eigenvalue weighted by atomic mass is 19.4. The standard InChI is InChI=1S/C22H17F6NO2/c1-12-7-17(21(23,24)25)20(18(8-12)22(26,27)28)16-10-14(31-2)3-4-15(16)19-9-13(11-30)5-6-29-19/h3-10,30H,11H2,1-2H3. The SMILES string of the molecule is COc1ccc(-c2cc(CO)ccn2)c(-c2c(C(F)(F)F)cc(C)cc2C(F)(F)F)c1. The summed E-state index contributed by atoms with van der Waals surface area (Å²) >= 11 is 0. The lowest BCUT2D eigenvalue weighted by molar-refractivity contribution is -0.142. The minimum Gasteiger partial charge on any atom is -0.497 e. The fraction of sp³-hybridized carbons (Fsp3) is 0.227. The van der Waals surface area contributed by atoms with Crippen LogP contribution in [0.1, 0.15) is 22.3 Å². The average molecular weight is 441 g/mol. The smallest absolute Gasteiger partial charge is 0.417 e. The number of aryl methyl sites for hydroxylation is 1. The van der Waals surface area contributed by atoms with Crippen LogP contribution < -0.4 is 4.74 Å². The van der Waals surface area contributed by atoms with Crippen molar-refractivity contribution >= 4 is 0 Å². The quantitative estimate of drug-likeness (QED) is 0.486. The minimum atomic E-state index is -5.04. The molecular weight excluding hydrogens is 424 g/mol. The van der Waals surface area contributed by atoms with Crippen LogP contribution in [0.4, 0.5) is 26.3 Å². The fourth-order valence-corrected chi connectivity index (χ4v) is 3.32. The molecule has 0 spiro atoms. The van der Waals surface area contributed by atoms with E-state index in [0.717, 1.165) is 6.07 Å². The molecule has 0 amide bonds. The second-order valence-corrected chi connectivity index (χ2v) is 6.85. The first-order valence-electron chi connectivity index (χ1n) is 8.99. The number of alkyl halides is 6. The Hall–Kier alpha value is -3.07. The number of aliphatic hydroxyl groups is 1. The number of hydrogen-bond acceptors (Lipinski definition) is 3. The summed E-state index contributed by atoms with van der Waals surface area (Å²) in [7, 11) is 1.26. The highest BCUT2D eigenvalue weighted by molar-refractivity contribution is 5.87. The largest absolute Gasteiger partial charge is 0.497 e. The van der Waals surface area contributed by atoms with Crippen molar-refractivity contribution in [3.05, 3.63) is 70.9 Å². The second kappa shape index (κ2) is 8.22. The predicted molar refractivity (Wildman–Crippen MR) is 102 cm³/mol. The van der Waals surface area contributed by atoms with Gasteiger partial charge in [0.05, 0.1) is 30.5 Å². The maximum absolute atomic E-state index is 13.9. The molecule has 3 aromatic rings. The van der Waals surface area contributed by atoms with Gasteiger partial charge in [-0.25, -0.2) is 0 Å². The number of hydrogen-bond donors (Lipinski definition) is 1. The van der Waals surface area contributed by atoms with E-state index in [1.165, 1.54) is 44.5 Å². The summed E-state index contributed by atoms with van der Waals surface area (Å²) in [5.74, 6) is 0.0823. The van der Waals surface area contributed by atoms with Crippen LogP contribution in [0.15, 0.2) is 48.7 Å². The first-order chi connectivity index (χ1) is 14.5. The molecular formula is C22H17F6NO2. The highest BCUT2D eigenvalue weighted by Crippen LogP contribution is 2.48. The van der Waals surface area contributed by atoms with Gasteiger partial charge in [0.1, 0.15) is 5.75 Å². The van der Waals surface area contributed by atoms with Crippen LogP contribution in [-0.2, 0) is 19.0 Å². The normalized spacial score (nSPS) is 12.2. The third-order valence-electron chi connectivity index (χ3n) is 4.67. The average Bonchev–Trinajstić information content (AvgIpc) is 2.71. The number of ether oxygens (including phenoxy) is 1. The Morgan fingerprint density at radius 2 is 1.48 bits per heavy atom. The topological polar surface area (TPSA) is 42.4 Å². The summed E-state index contributed by atoms with van der Waals surface area (Å²) in [5, 5.41) is 9.36. The van der Waals surface area contributed by atoms with E-state index in [1.807, 2.05) is 0 Å². The Bertz CT molecular complexity index is 1070. The van der Waals surface area contributed by atoms with Gasteiger partial charge in [-0.15, -0.1) is 0 Å². The van der Waals surface area contributed by atoms with Crippen molar-refractivity contribution in [1.29, 1.82) is 0 Å². The Morgan fingerprint density at radius 3 is 2.00 bits per heavy atom. The van der Waals surface area contributed by atoms with E-state index >= 15 is 0 Å². The molecule has 0 aliphatic rings. The molecule has 1 N–H and O–H groups in total. The molecule has 0 radical (unpaired) electrons. The lowest BCUT2D eigenvalue weighted by Gasteiger charge is -2.22. The maximum Gasteiger partial charge on any atom is 0.417 e. The molecule has 0 unspecified atom stereocenters. The number of rotatable bonds is 4. The number of pyridine rings is 1.